The number of hydrogen-bond donors (Lipinski definition) is 0. The summed E-state index contributed by atoms with van der Waals surface area (Å²) in [6.07, 6.45) is 0.486. The minimum Gasteiger partial charge on any atom is -0.294 e. The monoisotopic (exact) mass is 308 g/mol. The molecule has 0 saturated heterocycles. The Bertz CT molecular complexity index is 557. The summed E-state index contributed by atoms with van der Waals surface area (Å²) in [4.78, 5) is 13.2. The van der Waals surface area contributed by atoms with Gasteiger partial charge in [0.05, 0.1) is 3.79 Å². The molecule has 1 aromatic carbocycles. The zero-order valence-corrected chi connectivity index (χ0v) is 12.2. The highest BCUT2D eigenvalue weighted by atomic mass is 79.9. The van der Waals surface area contributed by atoms with Crippen LogP contribution in [0, 0.1) is 13.8 Å². The van der Waals surface area contributed by atoms with Crippen molar-refractivity contribution in [1.82, 2.24) is 0 Å². The highest BCUT2D eigenvalue weighted by molar-refractivity contribution is 9.11. The molecule has 2 rings (SSSR count). The van der Waals surface area contributed by atoms with Gasteiger partial charge in [-0.3, -0.25) is 4.79 Å². The van der Waals surface area contributed by atoms with Crippen LogP contribution in [-0.4, -0.2) is 5.78 Å². The Kier molecular flexibility index (Phi) is 3.79. The van der Waals surface area contributed by atoms with Gasteiger partial charge in [-0.15, -0.1) is 11.3 Å². The molecule has 88 valence electrons. The predicted molar refractivity (Wildman–Crippen MR) is 76.0 cm³/mol. The largest absolute Gasteiger partial charge is 0.294 e. The molecule has 3 heteroatoms. The summed E-state index contributed by atoms with van der Waals surface area (Å²) in [5.41, 5.74) is 3.09. The molecule has 17 heavy (non-hydrogen) atoms. The van der Waals surface area contributed by atoms with Crippen LogP contribution in [0.3, 0.4) is 0 Å². The topological polar surface area (TPSA) is 17.1 Å². The van der Waals surface area contributed by atoms with Gasteiger partial charge in [0.2, 0.25) is 0 Å². The van der Waals surface area contributed by atoms with Crippen molar-refractivity contribution in [3.8, 4) is 0 Å². The van der Waals surface area contributed by atoms with Crippen LogP contribution in [0.5, 0.6) is 0 Å². The quantitative estimate of drug-likeness (QED) is 0.760. The summed E-state index contributed by atoms with van der Waals surface area (Å²) in [6, 6.07) is 9.95. The lowest BCUT2D eigenvalue weighted by Crippen LogP contribution is -2.04. The van der Waals surface area contributed by atoms with E-state index in [0.717, 1.165) is 19.8 Å². The van der Waals surface area contributed by atoms with Crippen LogP contribution in [0.4, 0.5) is 0 Å². The lowest BCUT2D eigenvalue weighted by atomic mass is 10.0. The van der Waals surface area contributed by atoms with Gasteiger partial charge < -0.3 is 0 Å². The fourth-order valence-electron chi connectivity index (χ4n) is 1.83. The van der Waals surface area contributed by atoms with Crippen molar-refractivity contribution in [2.24, 2.45) is 0 Å². The van der Waals surface area contributed by atoms with Gasteiger partial charge in [-0.1, -0.05) is 23.8 Å². The normalized spacial score (nSPS) is 10.5. The van der Waals surface area contributed by atoms with Crippen LogP contribution >= 0.6 is 27.3 Å². The zero-order valence-electron chi connectivity index (χ0n) is 9.79. The zero-order chi connectivity index (χ0) is 12.4. The number of carbonyl (C=O) groups is 1. The maximum atomic E-state index is 12.1. The van der Waals surface area contributed by atoms with E-state index in [2.05, 4.69) is 22.0 Å². The summed E-state index contributed by atoms with van der Waals surface area (Å²) in [6.45, 7) is 4.03. The standard InChI is InChI=1S/C14H13BrOS/c1-9-3-5-12(10(2)7-9)13(16)8-11-4-6-14(15)17-11/h3-7H,8H2,1-2H3. The maximum absolute atomic E-state index is 12.1. The Labute approximate surface area is 114 Å². The van der Waals surface area contributed by atoms with Gasteiger partial charge in [0, 0.05) is 16.9 Å². The average Bonchev–Trinajstić information content (AvgIpc) is 2.63. The molecule has 0 amide bonds. The molecule has 1 aromatic heterocycles. The summed E-state index contributed by atoms with van der Waals surface area (Å²) in [5.74, 6) is 0.192. The van der Waals surface area contributed by atoms with Crippen LogP contribution in [0.2, 0.25) is 0 Å². The third kappa shape index (κ3) is 3.05. The Morgan fingerprint density at radius 1 is 1.24 bits per heavy atom. The fourth-order valence-corrected chi connectivity index (χ4v) is 3.31. The van der Waals surface area contributed by atoms with Crippen molar-refractivity contribution < 1.29 is 4.79 Å². The Balaban J connectivity index is 2.20. The van der Waals surface area contributed by atoms with Crippen molar-refractivity contribution in [2.45, 2.75) is 20.3 Å². The highest BCUT2D eigenvalue weighted by Gasteiger charge is 2.11. The van der Waals surface area contributed by atoms with Crippen LogP contribution < -0.4 is 0 Å². The van der Waals surface area contributed by atoms with E-state index in [1.165, 1.54) is 5.56 Å². The van der Waals surface area contributed by atoms with Gasteiger partial charge in [-0.25, -0.2) is 0 Å². The van der Waals surface area contributed by atoms with E-state index in [4.69, 9.17) is 0 Å². The number of hydrogen-bond acceptors (Lipinski definition) is 2. The van der Waals surface area contributed by atoms with Gasteiger partial charge in [0.25, 0.3) is 0 Å². The summed E-state index contributed by atoms with van der Waals surface area (Å²) in [7, 11) is 0. The summed E-state index contributed by atoms with van der Waals surface area (Å²) < 4.78 is 1.07. The van der Waals surface area contributed by atoms with E-state index >= 15 is 0 Å². The van der Waals surface area contributed by atoms with E-state index in [-0.39, 0.29) is 5.78 Å². The first-order chi connectivity index (χ1) is 8.06. The number of benzene rings is 1. The fraction of sp³-hybridized carbons (Fsp3) is 0.214. The molecule has 0 radical (unpaired) electrons. The number of rotatable bonds is 3. The third-order valence-corrected chi connectivity index (χ3v) is 4.27. The number of carbonyl (C=O) groups excluding carboxylic acids is 1. The minimum absolute atomic E-state index is 0.192. The number of ketones is 1. The molecule has 1 heterocycles. The van der Waals surface area contributed by atoms with E-state index in [1.54, 1.807) is 11.3 Å². The maximum Gasteiger partial charge on any atom is 0.168 e. The molecule has 0 aliphatic carbocycles. The smallest absolute Gasteiger partial charge is 0.168 e. The molecule has 1 nitrogen and oxygen atoms in total. The molecular weight excluding hydrogens is 296 g/mol. The molecule has 0 atom stereocenters. The molecule has 2 aromatic rings. The molecular formula is C14H13BrOS. The number of thiophene rings is 1. The first kappa shape index (κ1) is 12.5. The summed E-state index contributed by atoms with van der Waals surface area (Å²) in [5, 5.41) is 0. The number of halogens is 1. The van der Waals surface area contributed by atoms with Crippen LogP contribution in [0.25, 0.3) is 0 Å². The van der Waals surface area contributed by atoms with Crippen LogP contribution in [-0.2, 0) is 6.42 Å². The molecule has 0 N–H and O–H groups in total. The lowest BCUT2D eigenvalue weighted by Gasteiger charge is -2.05. The van der Waals surface area contributed by atoms with E-state index < -0.39 is 0 Å². The number of aryl methyl sites for hydroxylation is 2. The Hall–Kier alpha value is -0.930. The third-order valence-electron chi connectivity index (χ3n) is 2.65. The second-order valence-corrected chi connectivity index (χ2v) is 6.67. The first-order valence-corrected chi connectivity index (χ1v) is 7.02. The molecule has 0 saturated carbocycles. The van der Waals surface area contributed by atoms with Gasteiger partial charge in [0.15, 0.2) is 5.78 Å². The Morgan fingerprint density at radius 3 is 2.59 bits per heavy atom. The van der Waals surface area contributed by atoms with Gasteiger partial charge in [-0.2, -0.15) is 0 Å². The second-order valence-electron chi connectivity index (χ2n) is 4.12. The van der Waals surface area contributed by atoms with Crippen LogP contribution in [0.15, 0.2) is 34.1 Å². The first-order valence-electron chi connectivity index (χ1n) is 5.41. The Morgan fingerprint density at radius 2 is 2.00 bits per heavy atom. The molecule has 0 bridgehead atoms. The van der Waals surface area contributed by atoms with Crippen molar-refractivity contribution in [3.05, 3.63) is 55.7 Å². The van der Waals surface area contributed by atoms with E-state index in [0.29, 0.717) is 6.42 Å². The predicted octanol–water partition coefficient (Wildman–Crippen LogP) is 4.55. The number of Topliss-reactive ketones (excluding diaryl/α,β-unsaturated/α-hetero) is 1. The van der Waals surface area contributed by atoms with Gasteiger partial charge >= 0.3 is 0 Å². The SMILES string of the molecule is Cc1ccc(C(=O)Cc2ccc(Br)s2)c(C)c1. The minimum atomic E-state index is 0.192. The van der Waals surface area contributed by atoms with E-state index in [9.17, 15) is 4.79 Å². The lowest BCUT2D eigenvalue weighted by molar-refractivity contribution is 0.0993. The summed E-state index contributed by atoms with van der Waals surface area (Å²) >= 11 is 5.03. The highest BCUT2D eigenvalue weighted by Crippen LogP contribution is 2.24. The second kappa shape index (κ2) is 5.15. The van der Waals surface area contributed by atoms with Crippen LogP contribution in [0.1, 0.15) is 26.4 Å². The van der Waals surface area contributed by atoms with Gasteiger partial charge in [-0.05, 0) is 47.5 Å². The molecule has 0 unspecified atom stereocenters. The van der Waals surface area contributed by atoms with E-state index in [1.807, 2.05) is 38.1 Å². The molecule has 0 aliphatic heterocycles. The van der Waals surface area contributed by atoms with Crippen molar-refractivity contribution in [2.75, 3.05) is 0 Å². The molecule has 0 fully saturated rings. The average molecular weight is 309 g/mol. The molecule has 0 spiro atoms. The molecule has 0 aliphatic rings. The van der Waals surface area contributed by atoms with Gasteiger partial charge in [0.1, 0.15) is 0 Å². The van der Waals surface area contributed by atoms with Crippen molar-refractivity contribution in [3.63, 3.8) is 0 Å². The van der Waals surface area contributed by atoms with Crippen molar-refractivity contribution >= 4 is 33.0 Å². The van der Waals surface area contributed by atoms with Crippen molar-refractivity contribution in [1.29, 1.82) is 0 Å².